The molecule has 2 aliphatic rings. The SMILES string of the molecule is CCOC(=O)c1c(NC(=O)CSc2nnc(-c3ccn(C)n3)n2C[C@@H]2CCCO2)sc2c1CCCC2. The van der Waals surface area contributed by atoms with Crippen molar-refractivity contribution in [1.82, 2.24) is 24.5 Å². The third kappa shape index (κ3) is 5.35. The van der Waals surface area contributed by atoms with Crippen molar-refractivity contribution in [1.29, 1.82) is 0 Å². The van der Waals surface area contributed by atoms with Crippen LogP contribution in [0.15, 0.2) is 17.4 Å². The van der Waals surface area contributed by atoms with E-state index < -0.39 is 0 Å². The quantitative estimate of drug-likeness (QED) is 0.329. The molecule has 5 rings (SSSR count). The molecule has 1 atom stereocenters. The van der Waals surface area contributed by atoms with Gasteiger partial charge in [-0.15, -0.1) is 21.5 Å². The minimum absolute atomic E-state index is 0.0845. The van der Waals surface area contributed by atoms with E-state index in [1.54, 1.807) is 11.6 Å². The van der Waals surface area contributed by atoms with Gasteiger partial charge in [-0.2, -0.15) is 5.10 Å². The molecule has 1 aliphatic carbocycles. The van der Waals surface area contributed by atoms with E-state index in [0.717, 1.165) is 56.4 Å². The van der Waals surface area contributed by atoms with Crippen LogP contribution in [0.5, 0.6) is 0 Å². The number of amides is 1. The van der Waals surface area contributed by atoms with Gasteiger partial charge in [-0.05, 0) is 57.1 Å². The lowest BCUT2D eigenvalue weighted by molar-refractivity contribution is -0.113. The maximum absolute atomic E-state index is 13.0. The number of anilines is 1. The highest BCUT2D eigenvalue weighted by Crippen LogP contribution is 2.39. The van der Waals surface area contributed by atoms with Gasteiger partial charge in [-0.3, -0.25) is 14.0 Å². The number of carbonyl (C=O) groups is 2. The summed E-state index contributed by atoms with van der Waals surface area (Å²) in [5.74, 6) is 0.229. The van der Waals surface area contributed by atoms with E-state index >= 15 is 0 Å². The van der Waals surface area contributed by atoms with Crippen molar-refractivity contribution < 1.29 is 19.1 Å². The lowest BCUT2D eigenvalue weighted by atomic mass is 9.95. The first-order chi connectivity index (χ1) is 17.5. The van der Waals surface area contributed by atoms with Gasteiger partial charge in [0.15, 0.2) is 11.0 Å². The number of hydrogen-bond donors (Lipinski definition) is 1. The molecule has 1 saturated heterocycles. The van der Waals surface area contributed by atoms with E-state index in [0.29, 0.717) is 34.7 Å². The summed E-state index contributed by atoms with van der Waals surface area (Å²) in [4.78, 5) is 26.9. The summed E-state index contributed by atoms with van der Waals surface area (Å²) in [6.45, 7) is 3.45. The summed E-state index contributed by atoms with van der Waals surface area (Å²) in [5.41, 5.74) is 2.28. The van der Waals surface area contributed by atoms with Gasteiger partial charge in [0.25, 0.3) is 0 Å². The number of aromatic nitrogens is 5. The number of thiophene rings is 1. The van der Waals surface area contributed by atoms with Crippen LogP contribution in [-0.2, 0) is 40.7 Å². The summed E-state index contributed by atoms with van der Waals surface area (Å²) in [5, 5.41) is 17.4. The lowest BCUT2D eigenvalue weighted by Gasteiger charge is -2.14. The van der Waals surface area contributed by atoms with Crippen molar-refractivity contribution in [2.45, 2.75) is 63.3 Å². The fourth-order valence-electron chi connectivity index (χ4n) is 4.64. The first-order valence-electron chi connectivity index (χ1n) is 12.3. The Morgan fingerprint density at radius 3 is 2.89 bits per heavy atom. The minimum atomic E-state index is -0.365. The fourth-order valence-corrected chi connectivity index (χ4v) is 6.68. The van der Waals surface area contributed by atoms with E-state index in [2.05, 4.69) is 20.6 Å². The number of fused-ring (bicyclic) bond motifs is 1. The van der Waals surface area contributed by atoms with Gasteiger partial charge in [0, 0.05) is 24.7 Å². The summed E-state index contributed by atoms with van der Waals surface area (Å²) in [6.07, 6.45) is 7.86. The summed E-state index contributed by atoms with van der Waals surface area (Å²) in [7, 11) is 1.86. The van der Waals surface area contributed by atoms with E-state index in [4.69, 9.17) is 9.47 Å². The van der Waals surface area contributed by atoms with E-state index in [9.17, 15) is 9.59 Å². The fraction of sp³-hybridized carbons (Fsp3) is 0.542. The highest BCUT2D eigenvalue weighted by atomic mass is 32.2. The Bertz CT molecular complexity index is 1240. The molecule has 0 bridgehead atoms. The second-order valence-electron chi connectivity index (χ2n) is 8.90. The Balaban J connectivity index is 1.32. The largest absolute Gasteiger partial charge is 0.462 e. The van der Waals surface area contributed by atoms with Gasteiger partial charge in [-0.25, -0.2) is 4.79 Å². The number of thioether (sulfide) groups is 1. The summed E-state index contributed by atoms with van der Waals surface area (Å²) < 4.78 is 14.9. The Labute approximate surface area is 217 Å². The molecule has 1 fully saturated rings. The van der Waals surface area contributed by atoms with Crippen LogP contribution in [0.2, 0.25) is 0 Å². The zero-order chi connectivity index (χ0) is 25.1. The smallest absolute Gasteiger partial charge is 0.341 e. The summed E-state index contributed by atoms with van der Waals surface area (Å²) in [6, 6.07) is 1.90. The van der Waals surface area contributed by atoms with Crippen LogP contribution in [0.25, 0.3) is 11.5 Å². The second-order valence-corrected chi connectivity index (χ2v) is 10.9. The number of rotatable bonds is 9. The predicted octanol–water partition coefficient (Wildman–Crippen LogP) is 3.71. The molecule has 1 aliphatic heterocycles. The molecule has 3 aromatic heterocycles. The molecule has 0 unspecified atom stereocenters. The van der Waals surface area contributed by atoms with Gasteiger partial charge < -0.3 is 14.8 Å². The third-order valence-electron chi connectivity index (χ3n) is 6.31. The van der Waals surface area contributed by atoms with E-state index in [-0.39, 0.29) is 23.7 Å². The molecular formula is C24H30N6O4S2. The van der Waals surface area contributed by atoms with Crippen molar-refractivity contribution in [2.24, 2.45) is 7.05 Å². The predicted molar refractivity (Wildman–Crippen MR) is 137 cm³/mol. The Morgan fingerprint density at radius 2 is 2.14 bits per heavy atom. The monoisotopic (exact) mass is 530 g/mol. The van der Waals surface area contributed by atoms with Crippen LogP contribution in [0.3, 0.4) is 0 Å². The normalized spacial score (nSPS) is 17.2. The van der Waals surface area contributed by atoms with Crippen molar-refractivity contribution in [3.63, 3.8) is 0 Å². The molecule has 1 amide bonds. The van der Waals surface area contributed by atoms with E-state index in [1.165, 1.54) is 28.0 Å². The number of aryl methyl sites for hydroxylation is 2. The van der Waals surface area contributed by atoms with Gasteiger partial charge in [0.1, 0.15) is 10.7 Å². The molecular weight excluding hydrogens is 500 g/mol. The summed E-state index contributed by atoms with van der Waals surface area (Å²) >= 11 is 2.81. The first-order valence-corrected chi connectivity index (χ1v) is 14.1. The molecule has 10 nitrogen and oxygen atoms in total. The van der Waals surface area contributed by atoms with E-state index in [1.807, 2.05) is 23.9 Å². The molecule has 36 heavy (non-hydrogen) atoms. The number of nitrogens with one attached hydrogen (secondary N) is 1. The standard InChI is InChI=1S/C24H30N6O4S2/c1-3-33-23(32)20-16-8-4-5-9-18(16)36-22(20)25-19(31)14-35-24-27-26-21(17-10-11-29(2)28-17)30(24)13-15-7-6-12-34-15/h10-11,15H,3-9,12-14H2,1-2H3,(H,25,31)/t15-/m0/s1. The van der Waals surface area contributed by atoms with Crippen molar-refractivity contribution in [3.8, 4) is 11.5 Å². The maximum Gasteiger partial charge on any atom is 0.341 e. The molecule has 0 aromatic carbocycles. The topological polar surface area (TPSA) is 113 Å². The molecule has 192 valence electrons. The first kappa shape index (κ1) is 25.0. The maximum atomic E-state index is 13.0. The number of esters is 1. The lowest BCUT2D eigenvalue weighted by Crippen LogP contribution is -2.19. The molecule has 4 heterocycles. The average molecular weight is 531 g/mol. The molecule has 1 N–H and O–H groups in total. The minimum Gasteiger partial charge on any atom is -0.462 e. The van der Waals surface area contributed by atoms with Crippen LogP contribution in [0.4, 0.5) is 5.00 Å². The zero-order valence-electron chi connectivity index (χ0n) is 20.5. The van der Waals surface area contributed by atoms with Gasteiger partial charge in [0.05, 0.1) is 30.6 Å². The second kappa shape index (κ2) is 11.1. The molecule has 0 radical (unpaired) electrons. The Kier molecular flexibility index (Phi) is 7.73. The number of carbonyl (C=O) groups excluding carboxylic acids is 2. The Morgan fingerprint density at radius 1 is 1.28 bits per heavy atom. The van der Waals surface area contributed by atoms with Gasteiger partial charge in [-0.1, -0.05) is 11.8 Å². The molecule has 3 aromatic rings. The van der Waals surface area contributed by atoms with Crippen LogP contribution in [0.1, 0.15) is 53.4 Å². The molecule has 12 heteroatoms. The van der Waals surface area contributed by atoms with Crippen molar-refractivity contribution in [3.05, 3.63) is 28.3 Å². The Hall–Kier alpha value is -2.70. The van der Waals surface area contributed by atoms with Gasteiger partial charge >= 0.3 is 5.97 Å². The van der Waals surface area contributed by atoms with Crippen molar-refractivity contribution >= 4 is 40.0 Å². The van der Waals surface area contributed by atoms with Crippen LogP contribution in [-0.4, -0.2) is 61.5 Å². The number of nitrogens with zero attached hydrogens (tertiary/aromatic N) is 5. The van der Waals surface area contributed by atoms with Gasteiger partial charge in [0.2, 0.25) is 5.91 Å². The number of ether oxygens (including phenoxy) is 2. The van der Waals surface area contributed by atoms with Crippen LogP contribution < -0.4 is 5.32 Å². The van der Waals surface area contributed by atoms with Crippen LogP contribution >= 0.6 is 23.1 Å². The third-order valence-corrected chi connectivity index (χ3v) is 8.48. The highest BCUT2D eigenvalue weighted by molar-refractivity contribution is 7.99. The average Bonchev–Trinajstić information content (AvgIpc) is 3.65. The highest BCUT2D eigenvalue weighted by Gasteiger charge is 2.28. The molecule has 0 spiro atoms. The molecule has 0 saturated carbocycles. The van der Waals surface area contributed by atoms with Crippen LogP contribution in [0, 0.1) is 0 Å². The van der Waals surface area contributed by atoms with Crippen molar-refractivity contribution in [2.75, 3.05) is 24.3 Å². The number of hydrogen-bond acceptors (Lipinski definition) is 9. The zero-order valence-corrected chi connectivity index (χ0v) is 22.1.